The second-order valence-corrected chi connectivity index (χ2v) is 5.63. The van der Waals surface area contributed by atoms with Gasteiger partial charge in [-0.3, -0.25) is 4.79 Å². The van der Waals surface area contributed by atoms with E-state index in [1.165, 1.54) is 0 Å². The van der Waals surface area contributed by atoms with Gasteiger partial charge in [0.1, 0.15) is 5.75 Å². The van der Waals surface area contributed by atoms with E-state index in [1.807, 2.05) is 12.1 Å². The van der Waals surface area contributed by atoms with Gasteiger partial charge < -0.3 is 15.2 Å². The van der Waals surface area contributed by atoms with Gasteiger partial charge in [-0.25, -0.2) is 0 Å². The monoisotopic (exact) mass is 297 g/mol. The Hall–Kier alpha value is -1.26. The van der Waals surface area contributed by atoms with Gasteiger partial charge in [0, 0.05) is 17.6 Å². The number of aliphatic carboxylic acids is 1. The minimum Gasteiger partial charge on any atom is -0.497 e. The molecule has 0 heterocycles. The Morgan fingerprint density at radius 1 is 1.40 bits per heavy atom. The lowest BCUT2D eigenvalue weighted by molar-refractivity contribution is -0.142. The number of nitrogens with one attached hydrogen (secondary N) is 1. The standard InChI is InChI=1S/C15H20ClNO3/c1-20-13-7-4-11(14(16)8-13)9-17-12-5-2-10(3-6-12)15(18)19/h4,7-8,10,12,17H,2-3,5-6,9H2,1H3,(H,18,19). The van der Waals surface area contributed by atoms with Crippen molar-refractivity contribution in [2.75, 3.05) is 7.11 Å². The van der Waals surface area contributed by atoms with Crippen LogP contribution < -0.4 is 10.1 Å². The van der Waals surface area contributed by atoms with E-state index in [1.54, 1.807) is 13.2 Å². The summed E-state index contributed by atoms with van der Waals surface area (Å²) in [4.78, 5) is 10.9. The van der Waals surface area contributed by atoms with Crippen molar-refractivity contribution < 1.29 is 14.6 Å². The summed E-state index contributed by atoms with van der Waals surface area (Å²) in [5, 5.41) is 13.1. The van der Waals surface area contributed by atoms with E-state index in [-0.39, 0.29) is 5.92 Å². The number of carboxylic acid groups (broad SMARTS) is 1. The van der Waals surface area contributed by atoms with Crippen molar-refractivity contribution in [1.29, 1.82) is 0 Å². The van der Waals surface area contributed by atoms with Gasteiger partial charge in [0.05, 0.1) is 13.0 Å². The van der Waals surface area contributed by atoms with Crippen LogP contribution in [0.25, 0.3) is 0 Å². The predicted molar refractivity (Wildman–Crippen MR) is 78.2 cm³/mol. The lowest BCUT2D eigenvalue weighted by Gasteiger charge is -2.27. The maximum Gasteiger partial charge on any atom is 0.306 e. The number of carbonyl (C=O) groups is 1. The SMILES string of the molecule is COc1ccc(CNC2CCC(C(=O)O)CC2)c(Cl)c1. The number of hydrogen-bond acceptors (Lipinski definition) is 3. The first-order valence-corrected chi connectivity index (χ1v) is 7.26. The third-order valence-corrected chi connectivity index (χ3v) is 4.27. The molecule has 0 unspecified atom stereocenters. The summed E-state index contributed by atoms with van der Waals surface area (Å²) in [7, 11) is 1.62. The van der Waals surface area contributed by atoms with Crippen molar-refractivity contribution >= 4 is 17.6 Å². The Bertz CT molecular complexity index is 470. The molecule has 4 nitrogen and oxygen atoms in total. The van der Waals surface area contributed by atoms with E-state index in [4.69, 9.17) is 21.4 Å². The zero-order valence-corrected chi connectivity index (χ0v) is 12.3. The maximum absolute atomic E-state index is 10.9. The lowest BCUT2D eigenvalue weighted by Crippen LogP contribution is -2.34. The smallest absolute Gasteiger partial charge is 0.306 e. The molecule has 0 radical (unpaired) electrons. The molecular weight excluding hydrogens is 278 g/mol. The van der Waals surface area contributed by atoms with E-state index < -0.39 is 5.97 Å². The molecule has 0 bridgehead atoms. The van der Waals surface area contributed by atoms with E-state index in [2.05, 4.69) is 5.32 Å². The minimum atomic E-state index is -0.665. The van der Waals surface area contributed by atoms with Crippen molar-refractivity contribution in [2.24, 2.45) is 5.92 Å². The zero-order chi connectivity index (χ0) is 14.5. The van der Waals surface area contributed by atoms with E-state index in [9.17, 15) is 4.79 Å². The predicted octanol–water partition coefficient (Wildman–Crippen LogP) is 3.08. The highest BCUT2D eigenvalue weighted by Gasteiger charge is 2.25. The fourth-order valence-electron chi connectivity index (χ4n) is 2.60. The molecule has 1 aliphatic carbocycles. The number of carboxylic acids is 1. The number of rotatable bonds is 5. The number of benzene rings is 1. The van der Waals surface area contributed by atoms with Gasteiger partial charge in [0.25, 0.3) is 0 Å². The van der Waals surface area contributed by atoms with Crippen LogP contribution in [-0.4, -0.2) is 24.2 Å². The van der Waals surface area contributed by atoms with Gasteiger partial charge in [-0.15, -0.1) is 0 Å². The van der Waals surface area contributed by atoms with Crippen molar-refractivity contribution in [1.82, 2.24) is 5.32 Å². The molecule has 0 saturated heterocycles. The first-order chi connectivity index (χ1) is 9.60. The van der Waals surface area contributed by atoms with Crippen molar-refractivity contribution in [2.45, 2.75) is 38.3 Å². The van der Waals surface area contributed by atoms with E-state index in [0.717, 1.165) is 37.0 Å². The number of halogens is 1. The highest BCUT2D eigenvalue weighted by molar-refractivity contribution is 6.31. The summed E-state index contributed by atoms with van der Waals surface area (Å²) >= 11 is 6.19. The summed E-state index contributed by atoms with van der Waals surface area (Å²) in [6, 6.07) is 6.03. The summed E-state index contributed by atoms with van der Waals surface area (Å²) < 4.78 is 5.12. The molecule has 1 saturated carbocycles. The molecule has 0 aromatic heterocycles. The number of hydrogen-bond donors (Lipinski definition) is 2. The second kappa shape index (κ2) is 6.95. The van der Waals surface area contributed by atoms with Gasteiger partial charge >= 0.3 is 5.97 Å². The zero-order valence-electron chi connectivity index (χ0n) is 11.6. The maximum atomic E-state index is 10.9. The Kier molecular flexibility index (Phi) is 5.26. The van der Waals surface area contributed by atoms with Crippen LogP contribution in [0.1, 0.15) is 31.2 Å². The van der Waals surface area contributed by atoms with Crippen molar-refractivity contribution in [3.63, 3.8) is 0 Å². The molecule has 20 heavy (non-hydrogen) atoms. The molecular formula is C15H20ClNO3. The highest BCUT2D eigenvalue weighted by Crippen LogP contribution is 2.26. The molecule has 2 rings (SSSR count). The molecule has 1 fully saturated rings. The second-order valence-electron chi connectivity index (χ2n) is 5.23. The number of methoxy groups -OCH3 is 1. The average molecular weight is 298 g/mol. The molecule has 1 aliphatic rings. The van der Waals surface area contributed by atoms with Crippen LogP contribution in [0.2, 0.25) is 5.02 Å². The van der Waals surface area contributed by atoms with E-state index >= 15 is 0 Å². The summed E-state index contributed by atoms with van der Waals surface area (Å²) in [5.74, 6) is -0.0833. The van der Waals surface area contributed by atoms with Crippen molar-refractivity contribution in [3.8, 4) is 5.75 Å². The molecule has 0 amide bonds. The average Bonchev–Trinajstić information content (AvgIpc) is 2.46. The largest absolute Gasteiger partial charge is 0.497 e. The first-order valence-electron chi connectivity index (χ1n) is 6.88. The highest BCUT2D eigenvalue weighted by atomic mass is 35.5. The molecule has 0 atom stereocenters. The molecule has 110 valence electrons. The van der Waals surface area contributed by atoms with Crippen molar-refractivity contribution in [3.05, 3.63) is 28.8 Å². The molecule has 2 N–H and O–H groups in total. The van der Waals surface area contributed by atoms with Crippen LogP contribution in [0.4, 0.5) is 0 Å². The van der Waals surface area contributed by atoms with Gasteiger partial charge in [0.15, 0.2) is 0 Å². The normalized spacial score (nSPS) is 22.5. The number of ether oxygens (including phenoxy) is 1. The fraction of sp³-hybridized carbons (Fsp3) is 0.533. The van der Waals surface area contributed by atoms with Gasteiger partial charge in [-0.1, -0.05) is 17.7 Å². The molecule has 0 aliphatic heterocycles. The molecule has 5 heteroatoms. The van der Waals surface area contributed by atoms with Crippen LogP contribution in [0, 0.1) is 5.92 Å². The van der Waals surface area contributed by atoms with Gasteiger partial charge in [0.2, 0.25) is 0 Å². The van der Waals surface area contributed by atoms with E-state index in [0.29, 0.717) is 17.6 Å². The Balaban J connectivity index is 1.83. The Morgan fingerprint density at radius 2 is 2.10 bits per heavy atom. The summed E-state index contributed by atoms with van der Waals surface area (Å²) in [6.07, 6.45) is 3.32. The Labute approximate surface area is 124 Å². The third kappa shape index (κ3) is 3.87. The molecule has 1 aromatic rings. The van der Waals surface area contributed by atoms with Gasteiger partial charge in [-0.2, -0.15) is 0 Å². The van der Waals surface area contributed by atoms with Crippen LogP contribution in [0.3, 0.4) is 0 Å². The van der Waals surface area contributed by atoms with Crippen LogP contribution in [0.5, 0.6) is 5.75 Å². The third-order valence-electron chi connectivity index (χ3n) is 3.92. The van der Waals surface area contributed by atoms with Gasteiger partial charge in [-0.05, 0) is 43.4 Å². The molecule has 0 spiro atoms. The minimum absolute atomic E-state index is 0.169. The van der Waals surface area contributed by atoms with Crippen LogP contribution >= 0.6 is 11.6 Å². The topological polar surface area (TPSA) is 58.6 Å². The Morgan fingerprint density at radius 3 is 2.65 bits per heavy atom. The fourth-order valence-corrected chi connectivity index (χ4v) is 2.83. The quantitative estimate of drug-likeness (QED) is 0.877. The summed E-state index contributed by atoms with van der Waals surface area (Å²) in [5.41, 5.74) is 1.04. The molecule has 1 aromatic carbocycles. The lowest BCUT2D eigenvalue weighted by atomic mass is 9.86. The van der Waals surface area contributed by atoms with Crippen LogP contribution in [-0.2, 0) is 11.3 Å². The first kappa shape index (κ1) is 15.1. The summed E-state index contributed by atoms with van der Waals surface area (Å²) in [6.45, 7) is 0.700. The van der Waals surface area contributed by atoms with Crippen LogP contribution in [0.15, 0.2) is 18.2 Å².